The summed E-state index contributed by atoms with van der Waals surface area (Å²) in [5.41, 5.74) is -0.467. The fourth-order valence-corrected chi connectivity index (χ4v) is 1.45. The van der Waals surface area contributed by atoms with E-state index in [9.17, 15) is 4.79 Å². The number of carbonyl (C=O) groups is 1. The van der Waals surface area contributed by atoms with Crippen LogP contribution in [0.1, 0.15) is 20.8 Å². The van der Waals surface area contributed by atoms with Crippen LogP contribution < -0.4 is 10.6 Å². The number of nitrogens with one attached hydrogen (secondary N) is 2. The van der Waals surface area contributed by atoms with Gasteiger partial charge in [-0.2, -0.15) is 0 Å². The average molecular weight is 216 g/mol. The molecule has 3 N–H and O–H groups in total. The molecular formula is C10H20N2O3. The Bertz CT molecular complexity index is 225. The normalized spacial score (nSPS) is 27.5. The molecule has 0 spiro atoms. The summed E-state index contributed by atoms with van der Waals surface area (Å²) in [4.78, 5) is 11.7. The molecule has 0 aromatic heterocycles. The molecular weight excluding hydrogens is 196 g/mol. The first-order valence-corrected chi connectivity index (χ1v) is 5.23. The second-order valence-electron chi connectivity index (χ2n) is 4.79. The number of aliphatic hydroxyl groups is 1. The van der Waals surface area contributed by atoms with E-state index in [-0.39, 0.29) is 24.7 Å². The van der Waals surface area contributed by atoms with Gasteiger partial charge in [0.15, 0.2) is 0 Å². The maximum atomic E-state index is 11.7. The summed E-state index contributed by atoms with van der Waals surface area (Å²) in [6.07, 6.45) is 0. The summed E-state index contributed by atoms with van der Waals surface area (Å²) < 4.78 is 5.25. The maximum Gasteiger partial charge on any atom is 0.324 e. The molecule has 0 amide bonds. The lowest BCUT2D eigenvalue weighted by molar-refractivity contribution is -0.158. The van der Waals surface area contributed by atoms with E-state index >= 15 is 0 Å². The Morgan fingerprint density at radius 3 is 2.67 bits per heavy atom. The fourth-order valence-electron chi connectivity index (χ4n) is 1.45. The Balaban J connectivity index is 2.45. The number of carbonyl (C=O) groups excluding carboxylic acids is 1. The first kappa shape index (κ1) is 12.4. The summed E-state index contributed by atoms with van der Waals surface area (Å²) in [7, 11) is 0. The van der Waals surface area contributed by atoms with Gasteiger partial charge in [-0.3, -0.25) is 10.1 Å². The molecule has 1 aliphatic rings. The van der Waals surface area contributed by atoms with Crippen LogP contribution in [-0.2, 0) is 9.53 Å². The maximum absolute atomic E-state index is 11.7. The minimum atomic E-state index is -0.467. The molecule has 5 heteroatoms. The van der Waals surface area contributed by atoms with Gasteiger partial charge in [0, 0.05) is 19.1 Å². The van der Waals surface area contributed by atoms with Crippen molar-refractivity contribution in [2.75, 3.05) is 19.7 Å². The van der Waals surface area contributed by atoms with Crippen molar-refractivity contribution >= 4 is 5.97 Å². The van der Waals surface area contributed by atoms with Crippen LogP contribution in [0.4, 0.5) is 0 Å². The van der Waals surface area contributed by atoms with E-state index in [0.717, 1.165) is 0 Å². The number of aliphatic hydroxyl groups excluding tert-OH is 1. The van der Waals surface area contributed by atoms with E-state index in [1.54, 1.807) is 0 Å². The van der Waals surface area contributed by atoms with Gasteiger partial charge in [0.2, 0.25) is 0 Å². The topological polar surface area (TPSA) is 70.6 Å². The van der Waals surface area contributed by atoms with Crippen molar-refractivity contribution in [1.29, 1.82) is 0 Å². The van der Waals surface area contributed by atoms with E-state index in [2.05, 4.69) is 10.6 Å². The van der Waals surface area contributed by atoms with Crippen LogP contribution in [0, 0.1) is 0 Å². The van der Waals surface area contributed by atoms with E-state index in [0.29, 0.717) is 13.1 Å². The van der Waals surface area contributed by atoms with E-state index < -0.39 is 5.60 Å². The summed E-state index contributed by atoms with van der Waals surface area (Å²) in [5.74, 6) is -0.270. The summed E-state index contributed by atoms with van der Waals surface area (Å²) in [5, 5.41) is 15.1. The molecule has 1 rings (SSSR count). The lowest BCUT2D eigenvalue weighted by Crippen LogP contribution is -2.60. The second-order valence-corrected chi connectivity index (χ2v) is 4.79. The zero-order valence-electron chi connectivity index (χ0n) is 9.54. The molecule has 1 fully saturated rings. The van der Waals surface area contributed by atoms with Crippen LogP contribution in [0.2, 0.25) is 0 Å². The zero-order chi connectivity index (χ0) is 11.5. The number of ether oxygens (including phenoxy) is 1. The zero-order valence-corrected chi connectivity index (χ0v) is 9.54. The largest absolute Gasteiger partial charge is 0.459 e. The Morgan fingerprint density at radius 1 is 1.47 bits per heavy atom. The van der Waals surface area contributed by atoms with Gasteiger partial charge in [-0.1, -0.05) is 0 Å². The Kier molecular flexibility index (Phi) is 4.07. The fraction of sp³-hybridized carbons (Fsp3) is 0.900. The number of rotatable bonds is 2. The number of piperazine rings is 1. The van der Waals surface area contributed by atoms with Crippen LogP contribution in [0.5, 0.6) is 0 Å². The third kappa shape index (κ3) is 4.15. The number of hydrogen-bond acceptors (Lipinski definition) is 5. The number of esters is 1. The van der Waals surface area contributed by atoms with Gasteiger partial charge >= 0.3 is 5.97 Å². The van der Waals surface area contributed by atoms with Gasteiger partial charge in [-0.05, 0) is 20.8 Å². The van der Waals surface area contributed by atoms with Crippen molar-refractivity contribution in [1.82, 2.24) is 10.6 Å². The molecule has 1 saturated heterocycles. The molecule has 2 atom stereocenters. The summed E-state index contributed by atoms with van der Waals surface area (Å²) in [6.45, 7) is 6.76. The molecule has 15 heavy (non-hydrogen) atoms. The van der Waals surface area contributed by atoms with E-state index in [1.807, 2.05) is 20.8 Å². The molecule has 1 aliphatic heterocycles. The Hall–Kier alpha value is -0.650. The molecule has 0 aliphatic carbocycles. The third-order valence-corrected chi connectivity index (χ3v) is 2.09. The van der Waals surface area contributed by atoms with Crippen LogP contribution in [0.3, 0.4) is 0 Å². The minimum absolute atomic E-state index is 0.0201. The standard InChI is InChI=1S/C10H20N2O3/c1-10(2,3)15-9(14)8-5-11-4-7(6-13)12-8/h7-8,11-13H,4-6H2,1-3H3. The van der Waals surface area contributed by atoms with Crippen LogP contribution in [-0.4, -0.2) is 48.5 Å². The SMILES string of the molecule is CC(C)(C)OC(=O)C1CNCC(CO)N1. The monoisotopic (exact) mass is 216 g/mol. The Labute approximate surface area is 90.2 Å². The first-order chi connectivity index (χ1) is 6.92. The van der Waals surface area contributed by atoms with Crippen molar-refractivity contribution in [2.24, 2.45) is 0 Å². The highest BCUT2D eigenvalue weighted by Crippen LogP contribution is 2.09. The lowest BCUT2D eigenvalue weighted by atomic mass is 10.1. The predicted octanol–water partition coefficient (Wildman–Crippen LogP) is -0.750. The first-order valence-electron chi connectivity index (χ1n) is 5.23. The van der Waals surface area contributed by atoms with Gasteiger partial charge in [0.1, 0.15) is 11.6 Å². The summed E-state index contributed by atoms with van der Waals surface area (Å²) in [6, 6.07) is -0.439. The molecule has 0 radical (unpaired) electrons. The molecule has 5 nitrogen and oxygen atoms in total. The third-order valence-electron chi connectivity index (χ3n) is 2.09. The molecule has 0 aromatic carbocycles. The van der Waals surface area contributed by atoms with Crippen molar-refractivity contribution in [3.8, 4) is 0 Å². The smallest absolute Gasteiger partial charge is 0.324 e. The molecule has 2 unspecified atom stereocenters. The lowest BCUT2D eigenvalue weighted by Gasteiger charge is -2.31. The molecule has 0 aromatic rings. The van der Waals surface area contributed by atoms with Gasteiger partial charge in [-0.25, -0.2) is 0 Å². The minimum Gasteiger partial charge on any atom is -0.459 e. The number of hydrogen-bond donors (Lipinski definition) is 3. The van der Waals surface area contributed by atoms with E-state index in [4.69, 9.17) is 9.84 Å². The van der Waals surface area contributed by atoms with Gasteiger partial charge in [0.25, 0.3) is 0 Å². The summed E-state index contributed by atoms with van der Waals surface area (Å²) >= 11 is 0. The van der Waals surface area contributed by atoms with Crippen LogP contribution in [0.25, 0.3) is 0 Å². The molecule has 88 valence electrons. The highest BCUT2D eigenvalue weighted by molar-refractivity contribution is 5.76. The van der Waals surface area contributed by atoms with Crippen molar-refractivity contribution < 1.29 is 14.6 Å². The van der Waals surface area contributed by atoms with Crippen molar-refractivity contribution in [3.63, 3.8) is 0 Å². The van der Waals surface area contributed by atoms with Gasteiger partial charge in [0.05, 0.1) is 6.61 Å². The average Bonchev–Trinajstić information content (AvgIpc) is 2.15. The van der Waals surface area contributed by atoms with Crippen LogP contribution in [0.15, 0.2) is 0 Å². The Morgan fingerprint density at radius 2 is 2.13 bits per heavy atom. The molecule has 0 bridgehead atoms. The highest BCUT2D eigenvalue weighted by Gasteiger charge is 2.29. The van der Waals surface area contributed by atoms with Gasteiger partial charge < -0.3 is 15.2 Å². The molecule has 1 heterocycles. The van der Waals surface area contributed by atoms with Crippen LogP contribution >= 0.6 is 0 Å². The van der Waals surface area contributed by atoms with E-state index in [1.165, 1.54) is 0 Å². The molecule has 0 saturated carbocycles. The quantitative estimate of drug-likeness (QED) is 0.530. The highest BCUT2D eigenvalue weighted by atomic mass is 16.6. The van der Waals surface area contributed by atoms with Crippen molar-refractivity contribution in [3.05, 3.63) is 0 Å². The van der Waals surface area contributed by atoms with Crippen molar-refractivity contribution in [2.45, 2.75) is 38.5 Å². The van der Waals surface area contributed by atoms with Gasteiger partial charge in [-0.15, -0.1) is 0 Å². The predicted molar refractivity (Wildman–Crippen MR) is 56.5 cm³/mol. The second kappa shape index (κ2) is 4.92.